The van der Waals surface area contributed by atoms with Gasteiger partial charge in [-0.05, 0) is 29.1 Å². The Morgan fingerprint density at radius 3 is 3.08 bits per heavy atom. The Morgan fingerprint density at radius 2 is 2.27 bits per heavy atom. The van der Waals surface area contributed by atoms with Crippen molar-refractivity contribution in [3.8, 4) is 16.5 Å². The van der Waals surface area contributed by atoms with Gasteiger partial charge in [-0.2, -0.15) is 0 Å². The molecule has 0 aliphatic carbocycles. The average Bonchev–Trinajstić information content (AvgIpc) is 3.33. The van der Waals surface area contributed by atoms with Gasteiger partial charge >= 0.3 is 0 Å². The molecule has 0 bridgehead atoms. The average molecular weight is 370 g/mol. The largest absolute Gasteiger partial charge is 0.508 e. The number of aromatic hydroxyl groups is 1. The Balaban J connectivity index is 1.41. The molecule has 0 spiro atoms. The lowest BCUT2D eigenvalue weighted by atomic mass is 10.1. The summed E-state index contributed by atoms with van der Waals surface area (Å²) in [6.45, 7) is 1.47. The van der Waals surface area contributed by atoms with Crippen LogP contribution in [0, 0.1) is 0 Å². The molecular weight excluding hydrogens is 352 g/mol. The monoisotopic (exact) mass is 370 g/mol. The first-order valence-corrected chi connectivity index (χ1v) is 9.23. The molecular formula is C19H18N2O4S. The second-order valence-corrected chi connectivity index (χ2v) is 7.04. The quantitative estimate of drug-likeness (QED) is 0.763. The molecule has 1 amide bonds. The second-order valence-electron chi connectivity index (χ2n) is 6.09. The molecule has 1 atom stereocenters. The molecule has 3 aromatic rings. The van der Waals surface area contributed by atoms with E-state index >= 15 is 0 Å². The summed E-state index contributed by atoms with van der Waals surface area (Å²) in [5.74, 6) is 0.727. The number of phenols is 1. The minimum absolute atomic E-state index is 0.00974. The summed E-state index contributed by atoms with van der Waals surface area (Å²) in [5, 5.41) is 11.6. The van der Waals surface area contributed by atoms with Crippen LogP contribution in [-0.4, -0.2) is 40.6 Å². The van der Waals surface area contributed by atoms with Gasteiger partial charge in [-0.25, -0.2) is 4.98 Å². The van der Waals surface area contributed by atoms with Gasteiger partial charge in [-0.15, -0.1) is 11.3 Å². The van der Waals surface area contributed by atoms with Gasteiger partial charge in [0.1, 0.15) is 18.1 Å². The molecule has 4 rings (SSSR count). The third kappa shape index (κ3) is 3.63. The van der Waals surface area contributed by atoms with Crippen LogP contribution in [0.2, 0.25) is 0 Å². The highest BCUT2D eigenvalue weighted by Gasteiger charge is 2.26. The second kappa shape index (κ2) is 7.31. The summed E-state index contributed by atoms with van der Waals surface area (Å²) in [6.07, 6.45) is 1.50. The lowest BCUT2D eigenvalue weighted by Gasteiger charge is -2.33. The topological polar surface area (TPSA) is 75.8 Å². The molecule has 2 aromatic heterocycles. The number of nitrogens with zero attached hydrogens (tertiary/aromatic N) is 2. The first kappa shape index (κ1) is 16.8. The Morgan fingerprint density at radius 1 is 1.35 bits per heavy atom. The van der Waals surface area contributed by atoms with Crippen LogP contribution in [0.15, 0.2) is 52.5 Å². The summed E-state index contributed by atoms with van der Waals surface area (Å²) in [7, 11) is 0. The standard InChI is InChI=1S/C19H18N2O4S/c22-15-4-1-3-13(9-15)16-11-21(6-7-24-16)18(23)10-14-12-25-19(20-14)17-5-2-8-26-17/h1-5,8-9,12,16,22H,6-7,10-11H2. The zero-order valence-electron chi connectivity index (χ0n) is 14.0. The Hall–Kier alpha value is -2.64. The van der Waals surface area contributed by atoms with E-state index in [1.807, 2.05) is 23.6 Å². The van der Waals surface area contributed by atoms with Crippen molar-refractivity contribution < 1.29 is 19.1 Å². The maximum absolute atomic E-state index is 12.6. The van der Waals surface area contributed by atoms with Crippen LogP contribution >= 0.6 is 11.3 Å². The lowest BCUT2D eigenvalue weighted by molar-refractivity contribution is -0.138. The van der Waals surface area contributed by atoms with Crippen LogP contribution in [0.4, 0.5) is 0 Å². The smallest absolute Gasteiger partial charge is 0.236 e. The van der Waals surface area contributed by atoms with Crippen LogP contribution in [0.3, 0.4) is 0 Å². The van der Waals surface area contributed by atoms with Crippen LogP contribution in [0.5, 0.6) is 5.75 Å². The molecule has 1 N–H and O–H groups in total. The van der Waals surface area contributed by atoms with E-state index < -0.39 is 0 Å². The molecule has 0 radical (unpaired) electrons. The van der Waals surface area contributed by atoms with Crippen molar-refractivity contribution in [2.24, 2.45) is 0 Å². The Kier molecular flexibility index (Phi) is 4.73. The summed E-state index contributed by atoms with van der Waals surface area (Å²) < 4.78 is 11.2. The SMILES string of the molecule is O=C(Cc1coc(-c2cccs2)n1)N1CCOC(c2cccc(O)c2)C1. The van der Waals surface area contributed by atoms with E-state index in [0.717, 1.165) is 10.4 Å². The van der Waals surface area contributed by atoms with Crippen LogP contribution in [-0.2, 0) is 16.0 Å². The van der Waals surface area contributed by atoms with E-state index in [4.69, 9.17) is 9.15 Å². The van der Waals surface area contributed by atoms with Gasteiger partial charge in [0.05, 0.1) is 30.1 Å². The minimum atomic E-state index is -0.237. The first-order chi connectivity index (χ1) is 12.7. The molecule has 1 fully saturated rings. The number of ether oxygens (including phenoxy) is 1. The molecule has 1 saturated heterocycles. The number of hydrogen-bond donors (Lipinski definition) is 1. The first-order valence-electron chi connectivity index (χ1n) is 8.35. The predicted octanol–water partition coefficient (Wildman–Crippen LogP) is 3.25. The van der Waals surface area contributed by atoms with Gasteiger partial charge < -0.3 is 19.2 Å². The molecule has 134 valence electrons. The van der Waals surface area contributed by atoms with Crippen molar-refractivity contribution in [2.75, 3.05) is 19.7 Å². The molecule has 1 unspecified atom stereocenters. The Bertz CT molecular complexity index is 891. The number of phenolic OH excluding ortho intramolecular Hbond substituents is 1. The highest BCUT2D eigenvalue weighted by Crippen LogP contribution is 2.26. The number of oxazole rings is 1. The maximum Gasteiger partial charge on any atom is 0.236 e. The summed E-state index contributed by atoms with van der Waals surface area (Å²) >= 11 is 1.55. The third-order valence-corrected chi connectivity index (χ3v) is 5.14. The number of hydrogen-bond acceptors (Lipinski definition) is 6. The van der Waals surface area contributed by atoms with E-state index in [0.29, 0.717) is 31.3 Å². The predicted molar refractivity (Wildman–Crippen MR) is 96.9 cm³/mol. The van der Waals surface area contributed by atoms with Gasteiger partial charge in [0.2, 0.25) is 11.8 Å². The zero-order chi connectivity index (χ0) is 17.9. The van der Waals surface area contributed by atoms with Crippen molar-refractivity contribution in [1.82, 2.24) is 9.88 Å². The molecule has 1 aliphatic heterocycles. The highest BCUT2D eigenvalue weighted by atomic mass is 32.1. The summed E-state index contributed by atoms with van der Waals surface area (Å²) in [4.78, 5) is 19.8. The van der Waals surface area contributed by atoms with Crippen molar-refractivity contribution in [3.05, 3.63) is 59.3 Å². The lowest BCUT2D eigenvalue weighted by Crippen LogP contribution is -2.43. The third-order valence-electron chi connectivity index (χ3n) is 4.28. The number of carbonyl (C=O) groups is 1. The number of rotatable bonds is 4. The number of thiophene rings is 1. The molecule has 3 heterocycles. The van der Waals surface area contributed by atoms with E-state index in [1.54, 1.807) is 40.7 Å². The molecule has 26 heavy (non-hydrogen) atoms. The normalized spacial score (nSPS) is 17.4. The van der Waals surface area contributed by atoms with Crippen molar-refractivity contribution >= 4 is 17.2 Å². The number of morpholine rings is 1. The van der Waals surface area contributed by atoms with Crippen molar-refractivity contribution in [3.63, 3.8) is 0 Å². The fraction of sp³-hybridized carbons (Fsp3) is 0.263. The zero-order valence-corrected chi connectivity index (χ0v) is 14.8. The van der Waals surface area contributed by atoms with Gasteiger partial charge in [-0.1, -0.05) is 18.2 Å². The van der Waals surface area contributed by atoms with Crippen LogP contribution in [0.25, 0.3) is 10.8 Å². The fourth-order valence-electron chi connectivity index (χ4n) is 2.97. The minimum Gasteiger partial charge on any atom is -0.508 e. The van der Waals surface area contributed by atoms with Gasteiger partial charge in [0.15, 0.2) is 0 Å². The van der Waals surface area contributed by atoms with Crippen LogP contribution in [0.1, 0.15) is 17.4 Å². The maximum atomic E-state index is 12.6. The number of amides is 1. The van der Waals surface area contributed by atoms with E-state index in [1.165, 1.54) is 0 Å². The van der Waals surface area contributed by atoms with Crippen LogP contribution < -0.4 is 0 Å². The number of carbonyl (C=O) groups excluding carboxylic acids is 1. The van der Waals surface area contributed by atoms with E-state index in [9.17, 15) is 9.90 Å². The molecule has 7 heteroatoms. The summed E-state index contributed by atoms with van der Waals surface area (Å²) in [6, 6.07) is 10.8. The van der Waals surface area contributed by atoms with Crippen molar-refractivity contribution in [2.45, 2.75) is 12.5 Å². The number of benzene rings is 1. The molecule has 1 aromatic carbocycles. The Labute approximate surface area is 154 Å². The highest BCUT2D eigenvalue weighted by molar-refractivity contribution is 7.13. The van der Waals surface area contributed by atoms with E-state index in [-0.39, 0.29) is 24.2 Å². The number of aromatic nitrogens is 1. The summed E-state index contributed by atoms with van der Waals surface area (Å²) in [5.41, 5.74) is 1.49. The van der Waals surface area contributed by atoms with Gasteiger partial charge in [0.25, 0.3) is 0 Å². The molecule has 6 nitrogen and oxygen atoms in total. The van der Waals surface area contributed by atoms with Crippen molar-refractivity contribution in [1.29, 1.82) is 0 Å². The van der Waals surface area contributed by atoms with Gasteiger partial charge in [0, 0.05) is 6.54 Å². The molecule has 0 saturated carbocycles. The van der Waals surface area contributed by atoms with E-state index in [2.05, 4.69) is 4.98 Å². The molecule has 1 aliphatic rings. The van der Waals surface area contributed by atoms with Gasteiger partial charge in [-0.3, -0.25) is 4.79 Å². The fourth-order valence-corrected chi connectivity index (χ4v) is 3.63.